The van der Waals surface area contributed by atoms with Crippen LogP contribution in [0.4, 0.5) is 4.79 Å². The van der Waals surface area contributed by atoms with Crippen LogP contribution in [0, 0.1) is 0 Å². The number of carbonyl (C=O) groups is 1. The minimum atomic E-state index is -0.349. The zero-order valence-electron chi connectivity index (χ0n) is 14.2. The summed E-state index contributed by atoms with van der Waals surface area (Å²) in [6, 6.07) is 16.9. The summed E-state index contributed by atoms with van der Waals surface area (Å²) in [5.41, 5.74) is 3.18. The van der Waals surface area contributed by atoms with E-state index in [0.717, 1.165) is 11.3 Å². The van der Waals surface area contributed by atoms with E-state index in [2.05, 4.69) is 27.3 Å². The van der Waals surface area contributed by atoms with Crippen LogP contribution in [0.1, 0.15) is 5.56 Å². The number of aliphatic imine (C=N–C) groups is 1. The summed E-state index contributed by atoms with van der Waals surface area (Å²) in [5.74, 6) is 0. The molecule has 0 radical (unpaired) electrons. The Bertz CT molecular complexity index is 918. The first-order valence-electron chi connectivity index (χ1n) is 8.18. The van der Waals surface area contributed by atoms with Crippen molar-refractivity contribution in [2.24, 2.45) is 4.99 Å². The van der Waals surface area contributed by atoms with E-state index in [1.54, 1.807) is 18.4 Å². The molecule has 0 unspecified atom stereocenters. The Labute approximate surface area is 151 Å². The summed E-state index contributed by atoms with van der Waals surface area (Å²) in [6.07, 6.45) is 2.21. The number of nitrogens with one attached hydrogen (secondary N) is 1. The molecule has 7 heteroatoms. The van der Waals surface area contributed by atoms with E-state index in [-0.39, 0.29) is 6.03 Å². The van der Waals surface area contributed by atoms with Crippen LogP contribution in [0.5, 0.6) is 0 Å². The second kappa shape index (κ2) is 8.57. The van der Waals surface area contributed by atoms with Crippen LogP contribution in [0.15, 0.2) is 71.5 Å². The molecule has 0 aliphatic rings. The molecule has 0 spiro atoms. The predicted molar refractivity (Wildman–Crippen MR) is 100 cm³/mol. The van der Waals surface area contributed by atoms with E-state index in [1.807, 2.05) is 42.5 Å². The van der Waals surface area contributed by atoms with Crippen molar-refractivity contribution in [3.8, 4) is 0 Å². The minimum Gasteiger partial charge on any atom is -0.497 e. The van der Waals surface area contributed by atoms with Gasteiger partial charge >= 0.3 is 6.03 Å². The lowest BCUT2D eigenvalue weighted by Crippen LogP contribution is -2.31. The Morgan fingerprint density at radius 2 is 1.96 bits per heavy atom. The molecule has 1 N–H and O–H groups in total. The van der Waals surface area contributed by atoms with E-state index in [0.29, 0.717) is 30.6 Å². The topological polar surface area (TPSA) is 81.4 Å². The van der Waals surface area contributed by atoms with Crippen LogP contribution in [0.3, 0.4) is 0 Å². The fourth-order valence-electron chi connectivity index (χ4n) is 2.41. The predicted octanol–water partition coefficient (Wildman–Crippen LogP) is 2.79. The fraction of sp³-hybridized carbons (Fsp3) is 0.158. The molecular formula is C19H19N5O2. The number of nitrogens with zero attached hydrogens (tertiary/aromatic N) is 4. The van der Waals surface area contributed by atoms with Gasteiger partial charge in [-0.15, -0.1) is 5.10 Å². The largest absolute Gasteiger partial charge is 0.497 e. The molecule has 0 aliphatic heterocycles. The van der Waals surface area contributed by atoms with Crippen molar-refractivity contribution in [2.75, 3.05) is 13.2 Å². The lowest BCUT2D eigenvalue weighted by atomic mass is 10.1. The number of fused-ring (bicyclic) bond motifs is 1. The molecule has 0 aliphatic carbocycles. The highest BCUT2D eigenvalue weighted by molar-refractivity contribution is 5.87. The highest BCUT2D eigenvalue weighted by atomic mass is 16.5. The maximum Gasteiger partial charge on any atom is 0.344 e. The summed E-state index contributed by atoms with van der Waals surface area (Å²) in [6.45, 7) is 4.20. The molecule has 7 nitrogen and oxygen atoms in total. The molecule has 1 aromatic heterocycles. The van der Waals surface area contributed by atoms with Gasteiger partial charge in [0.25, 0.3) is 0 Å². The van der Waals surface area contributed by atoms with Gasteiger partial charge in [0.15, 0.2) is 0 Å². The molecule has 0 fully saturated rings. The standard InChI is InChI=1S/C19H19N5O2/c1-20-16(13-15-7-3-2-4-8-15)14-26-12-11-21-19(25)24-18-10-6-5-9-17(18)22-23-24/h2-10,14H,1,11-13H2,(H,21,25)/b16-14-. The first-order chi connectivity index (χ1) is 12.8. The Morgan fingerprint density at radius 1 is 1.19 bits per heavy atom. The van der Waals surface area contributed by atoms with E-state index in [1.165, 1.54) is 4.68 Å². The lowest BCUT2D eigenvalue weighted by Gasteiger charge is -2.06. The van der Waals surface area contributed by atoms with E-state index < -0.39 is 0 Å². The van der Waals surface area contributed by atoms with Gasteiger partial charge in [0.05, 0.1) is 17.8 Å². The van der Waals surface area contributed by atoms with Crippen molar-refractivity contribution >= 4 is 23.8 Å². The summed E-state index contributed by atoms with van der Waals surface area (Å²) in [4.78, 5) is 16.1. The van der Waals surface area contributed by atoms with E-state index >= 15 is 0 Å². The van der Waals surface area contributed by atoms with Gasteiger partial charge in [0.1, 0.15) is 18.4 Å². The highest BCUT2D eigenvalue weighted by Gasteiger charge is 2.10. The van der Waals surface area contributed by atoms with E-state index in [9.17, 15) is 4.79 Å². The van der Waals surface area contributed by atoms with Gasteiger partial charge in [-0.05, 0) is 24.4 Å². The quantitative estimate of drug-likeness (QED) is 0.404. The third-order valence-corrected chi connectivity index (χ3v) is 3.69. The molecule has 0 atom stereocenters. The normalized spacial score (nSPS) is 11.3. The second-order valence-corrected chi connectivity index (χ2v) is 5.52. The highest BCUT2D eigenvalue weighted by Crippen LogP contribution is 2.09. The molecule has 1 amide bonds. The third kappa shape index (κ3) is 4.32. The van der Waals surface area contributed by atoms with Gasteiger partial charge in [-0.1, -0.05) is 47.7 Å². The number of aromatic nitrogens is 3. The maximum absolute atomic E-state index is 12.2. The van der Waals surface area contributed by atoms with Crippen molar-refractivity contribution < 1.29 is 9.53 Å². The van der Waals surface area contributed by atoms with Crippen molar-refractivity contribution in [1.29, 1.82) is 0 Å². The zero-order valence-corrected chi connectivity index (χ0v) is 14.2. The summed E-state index contributed by atoms with van der Waals surface area (Å²) in [7, 11) is 0. The molecule has 0 saturated heterocycles. The number of carbonyl (C=O) groups excluding carboxylic acids is 1. The number of hydrogen-bond donors (Lipinski definition) is 1. The van der Waals surface area contributed by atoms with Crippen LogP contribution in [-0.4, -0.2) is 40.9 Å². The first kappa shape index (κ1) is 17.3. The van der Waals surface area contributed by atoms with Crippen LogP contribution >= 0.6 is 0 Å². The zero-order chi connectivity index (χ0) is 18.2. The minimum absolute atomic E-state index is 0.312. The molecular weight excluding hydrogens is 330 g/mol. The average Bonchev–Trinajstić information content (AvgIpc) is 3.11. The number of allylic oxidation sites excluding steroid dienone is 1. The molecule has 3 aromatic rings. The van der Waals surface area contributed by atoms with Crippen LogP contribution in [0.25, 0.3) is 11.0 Å². The van der Waals surface area contributed by atoms with Crippen LogP contribution in [0.2, 0.25) is 0 Å². The van der Waals surface area contributed by atoms with Crippen LogP contribution in [-0.2, 0) is 11.2 Å². The van der Waals surface area contributed by atoms with Crippen molar-refractivity contribution in [3.63, 3.8) is 0 Å². The lowest BCUT2D eigenvalue weighted by molar-refractivity contribution is 0.224. The number of ether oxygens (including phenoxy) is 1. The summed E-state index contributed by atoms with van der Waals surface area (Å²) < 4.78 is 6.69. The fourth-order valence-corrected chi connectivity index (χ4v) is 2.41. The Morgan fingerprint density at radius 3 is 2.77 bits per heavy atom. The molecule has 132 valence electrons. The van der Waals surface area contributed by atoms with Gasteiger partial charge in [0.2, 0.25) is 0 Å². The molecule has 1 heterocycles. The van der Waals surface area contributed by atoms with Gasteiger partial charge in [-0.3, -0.25) is 4.99 Å². The number of amides is 1. The number of hydrogen-bond acceptors (Lipinski definition) is 5. The van der Waals surface area contributed by atoms with Gasteiger partial charge in [0, 0.05) is 6.42 Å². The molecule has 2 aromatic carbocycles. The number of para-hydroxylation sites is 1. The monoisotopic (exact) mass is 349 g/mol. The Hall–Kier alpha value is -3.48. The molecule has 3 rings (SSSR count). The SMILES string of the molecule is C=N/C(=C\OCCNC(=O)n1nnc2ccccc21)Cc1ccccc1. The van der Waals surface area contributed by atoms with Crippen molar-refractivity contribution in [1.82, 2.24) is 20.3 Å². The number of benzene rings is 2. The second-order valence-electron chi connectivity index (χ2n) is 5.52. The maximum atomic E-state index is 12.2. The Balaban J connectivity index is 1.47. The molecule has 0 saturated carbocycles. The average molecular weight is 349 g/mol. The number of rotatable bonds is 7. The molecule has 0 bridgehead atoms. The van der Waals surface area contributed by atoms with Gasteiger partial charge in [-0.2, -0.15) is 4.68 Å². The van der Waals surface area contributed by atoms with Crippen LogP contribution < -0.4 is 5.32 Å². The van der Waals surface area contributed by atoms with Gasteiger partial charge in [-0.25, -0.2) is 4.79 Å². The van der Waals surface area contributed by atoms with E-state index in [4.69, 9.17) is 4.74 Å². The van der Waals surface area contributed by atoms with Crippen molar-refractivity contribution in [3.05, 3.63) is 72.1 Å². The third-order valence-electron chi connectivity index (χ3n) is 3.69. The van der Waals surface area contributed by atoms with Gasteiger partial charge < -0.3 is 10.1 Å². The summed E-state index contributed by atoms with van der Waals surface area (Å²) >= 11 is 0. The first-order valence-corrected chi connectivity index (χ1v) is 8.18. The molecule has 26 heavy (non-hydrogen) atoms. The van der Waals surface area contributed by atoms with Crippen molar-refractivity contribution in [2.45, 2.75) is 6.42 Å². The smallest absolute Gasteiger partial charge is 0.344 e. The summed E-state index contributed by atoms with van der Waals surface area (Å²) in [5, 5.41) is 10.6. The Kier molecular flexibility index (Phi) is 5.72.